The number of benzene rings is 1. The molecule has 26 heavy (non-hydrogen) atoms. The molecular formula is C18H17ClN4O2S. The lowest BCUT2D eigenvalue weighted by molar-refractivity contribution is -0.117. The Morgan fingerprint density at radius 1 is 1.31 bits per heavy atom. The van der Waals surface area contributed by atoms with Gasteiger partial charge in [0.25, 0.3) is 5.91 Å². The van der Waals surface area contributed by atoms with E-state index in [0.717, 1.165) is 21.3 Å². The van der Waals surface area contributed by atoms with Gasteiger partial charge in [0.1, 0.15) is 10.5 Å². The maximum atomic E-state index is 12.7. The summed E-state index contributed by atoms with van der Waals surface area (Å²) in [6, 6.07) is 11.3. The van der Waals surface area contributed by atoms with Crippen LogP contribution in [0, 0.1) is 0 Å². The number of aromatic nitrogens is 1. The molecule has 3 aromatic rings. The Bertz CT molecular complexity index is 965. The molecule has 0 fully saturated rings. The van der Waals surface area contributed by atoms with Crippen molar-refractivity contribution in [3.63, 3.8) is 0 Å². The van der Waals surface area contributed by atoms with Gasteiger partial charge >= 0.3 is 0 Å². The summed E-state index contributed by atoms with van der Waals surface area (Å²) in [7, 11) is 0. The maximum absolute atomic E-state index is 12.7. The predicted molar refractivity (Wildman–Crippen MR) is 103 cm³/mol. The third kappa shape index (κ3) is 3.21. The number of thiophene rings is 1. The summed E-state index contributed by atoms with van der Waals surface area (Å²) in [6.45, 7) is 0.0576. The molecule has 1 aliphatic rings. The summed E-state index contributed by atoms with van der Waals surface area (Å²) >= 11 is 7.38. The van der Waals surface area contributed by atoms with Gasteiger partial charge in [0.05, 0.1) is 23.0 Å². The zero-order chi connectivity index (χ0) is 18.3. The first-order chi connectivity index (χ1) is 12.5. The molecule has 0 aliphatic heterocycles. The fourth-order valence-corrected chi connectivity index (χ4v) is 4.58. The second-order valence-corrected chi connectivity index (χ2v) is 8.01. The molecule has 5 N–H and O–H groups in total. The Labute approximate surface area is 158 Å². The fraction of sp³-hybridized carbons (Fsp3) is 0.222. The summed E-state index contributed by atoms with van der Waals surface area (Å²) in [5.74, 6) is -0.617. The van der Waals surface area contributed by atoms with Crippen molar-refractivity contribution in [3.8, 4) is 0 Å². The van der Waals surface area contributed by atoms with E-state index < -0.39 is 5.91 Å². The van der Waals surface area contributed by atoms with Gasteiger partial charge in [-0.1, -0.05) is 35.9 Å². The molecule has 0 radical (unpaired) electrons. The van der Waals surface area contributed by atoms with Gasteiger partial charge in [-0.25, -0.2) is 0 Å². The largest absolute Gasteiger partial charge is 0.369 e. The zero-order valence-electron chi connectivity index (χ0n) is 13.7. The number of carbonyl (C=O) groups is 2. The quantitative estimate of drug-likeness (QED) is 0.539. The van der Waals surface area contributed by atoms with Gasteiger partial charge in [0.15, 0.2) is 0 Å². The summed E-state index contributed by atoms with van der Waals surface area (Å²) in [4.78, 5) is 27.8. The normalized spacial score (nSPS) is 18.8. The van der Waals surface area contributed by atoms with Crippen LogP contribution in [0.1, 0.15) is 27.7 Å². The Kier molecular flexibility index (Phi) is 4.44. The van der Waals surface area contributed by atoms with Crippen LogP contribution in [0.4, 0.5) is 0 Å². The number of nitrogens with one attached hydrogen (secondary N) is 3. The molecule has 2 aromatic heterocycles. The number of hydrogen-bond donors (Lipinski definition) is 4. The SMILES string of the molecule is NC(=O)CNC1c2ccccc2CC1NC(=O)c1cc2cc(Cl)sc2[nH]1. The molecule has 0 saturated carbocycles. The van der Waals surface area contributed by atoms with E-state index in [4.69, 9.17) is 17.3 Å². The minimum atomic E-state index is -0.430. The molecule has 2 heterocycles. The van der Waals surface area contributed by atoms with Crippen LogP contribution in [0.3, 0.4) is 0 Å². The van der Waals surface area contributed by atoms with Crippen molar-refractivity contribution >= 4 is 45.0 Å². The average Bonchev–Trinajstić information content (AvgIpc) is 3.23. The number of halogens is 1. The molecule has 0 saturated heterocycles. The van der Waals surface area contributed by atoms with E-state index >= 15 is 0 Å². The smallest absolute Gasteiger partial charge is 0.268 e. The lowest BCUT2D eigenvalue weighted by Gasteiger charge is -2.22. The number of primary amides is 1. The average molecular weight is 389 g/mol. The van der Waals surface area contributed by atoms with Crippen LogP contribution < -0.4 is 16.4 Å². The second kappa shape index (κ2) is 6.75. The predicted octanol–water partition coefficient (Wildman–Crippen LogP) is 2.35. The molecule has 0 bridgehead atoms. The zero-order valence-corrected chi connectivity index (χ0v) is 15.3. The van der Waals surface area contributed by atoms with Gasteiger partial charge in [-0.15, -0.1) is 11.3 Å². The van der Waals surface area contributed by atoms with Crippen LogP contribution in [0.5, 0.6) is 0 Å². The van der Waals surface area contributed by atoms with E-state index in [-0.39, 0.29) is 24.5 Å². The second-order valence-electron chi connectivity index (χ2n) is 6.33. The van der Waals surface area contributed by atoms with Crippen molar-refractivity contribution in [3.05, 3.63) is 57.6 Å². The summed E-state index contributed by atoms with van der Waals surface area (Å²) in [5.41, 5.74) is 8.00. The minimum Gasteiger partial charge on any atom is -0.369 e. The first-order valence-electron chi connectivity index (χ1n) is 8.19. The van der Waals surface area contributed by atoms with Crippen LogP contribution in [-0.2, 0) is 11.2 Å². The Balaban J connectivity index is 1.54. The molecule has 1 aromatic carbocycles. The number of nitrogens with two attached hydrogens (primary N) is 1. The molecule has 2 amide bonds. The van der Waals surface area contributed by atoms with Gasteiger partial charge in [0, 0.05) is 5.39 Å². The van der Waals surface area contributed by atoms with E-state index in [9.17, 15) is 9.59 Å². The van der Waals surface area contributed by atoms with Crippen LogP contribution in [-0.4, -0.2) is 29.4 Å². The lowest BCUT2D eigenvalue weighted by Crippen LogP contribution is -2.44. The number of hydrogen-bond acceptors (Lipinski definition) is 4. The van der Waals surface area contributed by atoms with Gasteiger partial charge in [-0.05, 0) is 29.7 Å². The number of fused-ring (bicyclic) bond motifs is 2. The third-order valence-electron chi connectivity index (χ3n) is 4.57. The highest BCUT2D eigenvalue weighted by atomic mass is 35.5. The number of rotatable bonds is 5. The minimum absolute atomic E-state index is 0.0576. The Morgan fingerprint density at radius 2 is 2.12 bits per heavy atom. The van der Waals surface area contributed by atoms with Gasteiger partial charge < -0.3 is 16.0 Å². The highest BCUT2D eigenvalue weighted by Crippen LogP contribution is 2.32. The number of aromatic amines is 1. The lowest BCUT2D eigenvalue weighted by atomic mass is 10.1. The summed E-state index contributed by atoms with van der Waals surface area (Å²) < 4.78 is 0.681. The number of amides is 2. The van der Waals surface area contributed by atoms with Crippen LogP contribution in [0.15, 0.2) is 36.4 Å². The van der Waals surface area contributed by atoms with Crippen LogP contribution in [0.25, 0.3) is 10.2 Å². The fourth-order valence-electron chi connectivity index (χ4n) is 3.45. The molecular weight excluding hydrogens is 372 g/mol. The van der Waals surface area contributed by atoms with Gasteiger partial charge in [0.2, 0.25) is 5.91 Å². The standard InChI is InChI=1S/C18H17ClN4O2S/c19-14-7-10-6-13(23-18(10)26-14)17(25)22-12-5-9-3-1-2-4-11(9)16(12)21-8-15(20)24/h1-4,6-7,12,16,21,23H,5,8H2,(H2,20,24)(H,22,25). The van der Waals surface area contributed by atoms with Crippen molar-refractivity contribution in [2.24, 2.45) is 5.73 Å². The molecule has 6 nitrogen and oxygen atoms in total. The molecule has 0 spiro atoms. The highest BCUT2D eigenvalue weighted by Gasteiger charge is 2.33. The maximum Gasteiger partial charge on any atom is 0.268 e. The van der Waals surface area contributed by atoms with Crippen LogP contribution >= 0.6 is 22.9 Å². The molecule has 2 unspecified atom stereocenters. The number of H-pyrrole nitrogens is 1. The highest BCUT2D eigenvalue weighted by molar-refractivity contribution is 7.22. The monoisotopic (exact) mass is 388 g/mol. The van der Waals surface area contributed by atoms with Crippen molar-refractivity contribution in [1.29, 1.82) is 0 Å². The molecule has 8 heteroatoms. The van der Waals surface area contributed by atoms with Crippen molar-refractivity contribution < 1.29 is 9.59 Å². The number of carbonyl (C=O) groups excluding carboxylic acids is 2. The Hall–Kier alpha value is -2.35. The van der Waals surface area contributed by atoms with E-state index in [1.807, 2.05) is 30.3 Å². The summed E-state index contributed by atoms with van der Waals surface area (Å²) in [5, 5.41) is 7.15. The molecule has 1 aliphatic carbocycles. The Morgan fingerprint density at radius 3 is 2.88 bits per heavy atom. The van der Waals surface area contributed by atoms with Gasteiger partial charge in [-0.3, -0.25) is 14.9 Å². The van der Waals surface area contributed by atoms with E-state index in [2.05, 4.69) is 15.6 Å². The van der Waals surface area contributed by atoms with Gasteiger partial charge in [-0.2, -0.15) is 0 Å². The molecule has 4 rings (SSSR count). The van der Waals surface area contributed by atoms with E-state index in [1.165, 1.54) is 11.3 Å². The molecule has 2 atom stereocenters. The van der Waals surface area contributed by atoms with Crippen molar-refractivity contribution in [2.75, 3.05) is 6.54 Å². The topological polar surface area (TPSA) is 100 Å². The van der Waals surface area contributed by atoms with Crippen LogP contribution in [0.2, 0.25) is 4.34 Å². The summed E-state index contributed by atoms with van der Waals surface area (Å²) in [6.07, 6.45) is 0.694. The third-order valence-corrected chi connectivity index (χ3v) is 5.76. The van der Waals surface area contributed by atoms with E-state index in [0.29, 0.717) is 16.5 Å². The van der Waals surface area contributed by atoms with Crippen molar-refractivity contribution in [1.82, 2.24) is 15.6 Å². The van der Waals surface area contributed by atoms with E-state index in [1.54, 1.807) is 6.07 Å². The first-order valence-corrected chi connectivity index (χ1v) is 9.39. The van der Waals surface area contributed by atoms with Crippen molar-refractivity contribution in [2.45, 2.75) is 18.5 Å². The first kappa shape index (κ1) is 17.1. The molecule has 134 valence electrons.